The largest absolute Gasteiger partial charge is 0.362 e. The molecule has 0 bridgehead atoms. The van der Waals surface area contributed by atoms with Gasteiger partial charge in [0.25, 0.3) is 0 Å². The number of amides is 1. The molecule has 1 fully saturated rings. The minimum atomic E-state index is 0.193. The molecule has 0 spiro atoms. The van der Waals surface area contributed by atoms with Gasteiger partial charge in [0.1, 0.15) is 0 Å². The lowest BCUT2D eigenvalue weighted by Crippen LogP contribution is -2.30. The van der Waals surface area contributed by atoms with E-state index in [1.54, 1.807) is 0 Å². The van der Waals surface area contributed by atoms with E-state index in [0.29, 0.717) is 11.5 Å². The summed E-state index contributed by atoms with van der Waals surface area (Å²) >= 11 is 13.1. The molecule has 0 unspecified atom stereocenters. The van der Waals surface area contributed by atoms with Crippen LogP contribution in [0.25, 0.3) is 0 Å². The van der Waals surface area contributed by atoms with Crippen molar-refractivity contribution in [1.82, 2.24) is 5.32 Å². The second kappa shape index (κ2) is 10.1. The van der Waals surface area contributed by atoms with Crippen molar-refractivity contribution in [2.45, 2.75) is 25.5 Å². The Morgan fingerprint density at radius 2 is 2.04 bits per heavy atom. The molecular weight excluding hydrogens is 410 g/mol. The Bertz CT molecular complexity index is 842. The van der Waals surface area contributed by atoms with Gasteiger partial charge in [-0.25, -0.2) is 0 Å². The van der Waals surface area contributed by atoms with Crippen molar-refractivity contribution in [2.24, 2.45) is 0 Å². The molecule has 0 radical (unpaired) electrons. The summed E-state index contributed by atoms with van der Waals surface area (Å²) in [5.41, 5.74) is 4.22. The molecule has 4 nitrogen and oxygen atoms in total. The molecule has 3 rings (SSSR count). The lowest BCUT2D eigenvalue weighted by molar-refractivity contribution is -0.117. The van der Waals surface area contributed by atoms with Crippen LogP contribution < -0.4 is 15.5 Å². The lowest BCUT2D eigenvalue weighted by atomic mass is 10.1. The molecule has 0 saturated carbocycles. The minimum Gasteiger partial charge on any atom is -0.362 e. The zero-order chi connectivity index (χ0) is 19.9. The Labute approximate surface area is 181 Å². The number of carbonyl (C=O) groups excluding carboxylic acids is 1. The normalized spacial score (nSPS) is 13.6. The third kappa shape index (κ3) is 5.87. The van der Waals surface area contributed by atoms with Crippen molar-refractivity contribution in [3.05, 3.63) is 58.6 Å². The Hall–Kier alpha value is -1.76. The molecule has 1 amide bonds. The maximum atomic E-state index is 12.0. The third-order valence-corrected chi connectivity index (χ3v) is 6.07. The van der Waals surface area contributed by atoms with Crippen molar-refractivity contribution in [2.75, 3.05) is 29.1 Å². The number of aryl methyl sites for hydroxylation is 1. The molecule has 7 heteroatoms. The fraction of sp³-hybridized carbons (Fsp3) is 0.333. The first-order valence-electron chi connectivity index (χ1n) is 9.31. The second-order valence-corrected chi connectivity index (χ2v) is 8.66. The Morgan fingerprint density at radius 3 is 2.75 bits per heavy atom. The molecule has 1 aliphatic rings. The Balaban J connectivity index is 1.43. The smallest absolute Gasteiger partial charge is 0.227 e. The average molecular weight is 434 g/mol. The number of rotatable bonds is 7. The van der Waals surface area contributed by atoms with Crippen molar-refractivity contribution in [3.8, 4) is 0 Å². The van der Waals surface area contributed by atoms with Gasteiger partial charge in [-0.15, -0.1) is 0 Å². The third-order valence-electron chi connectivity index (χ3n) is 4.55. The summed E-state index contributed by atoms with van der Waals surface area (Å²) in [5.74, 6) is 2.09. The monoisotopic (exact) mass is 433 g/mol. The van der Waals surface area contributed by atoms with Gasteiger partial charge in [-0.3, -0.25) is 4.79 Å². The van der Waals surface area contributed by atoms with Crippen LogP contribution in [0.1, 0.15) is 24.0 Å². The summed E-state index contributed by atoms with van der Waals surface area (Å²) in [6, 6.07) is 13.9. The fourth-order valence-corrected chi connectivity index (χ4v) is 4.23. The summed E-state index contributed by atoms with van der Waals surface area (Å²) in [4.78, 5) is 13.9. The van der Waals surface area contributed by atoms with Gasteiger partial charge in [0, 0.05) is 47.4 Å². The summed E-state index contributed by atoms with van der Waals surface area (Å²) in [5, 5.41) is 7.81. The Kier molecular flexibility index (Phi) is 7.59. The fourth-order valence-electron chi connectivity index (χ4n) is 3.06. The number of anilines is 2. The summed E-state index contributed by atoms with van der Waals surface area (Å²) < 4.78 is 0. The first-order valence-corrected chi connectivity index (χ1v) is 11.2. The molecule has 28 heavy (non-hydrogen) atoms. The van der Waals surface area contributed by atoms with Gasteiger partial charge in [0.15, 0.2) is 5.11 Å². The highest BCUT2D eigenvalue weighted by atomic mass is 35.5. The van der Waals surface area contributed by atoms with Gasteiger partial charge >= 0.3 is 0 Å². The van der Waals surface area contributed by atoms with E-state index in [0.717, 1.165) is 53.0 Å². The summed E-state index contributed by atoms with van der Waals surface area (Å²) in [7, 11) is 0. The maximum absolute atomic E-state index is 12.0. The van der Waals surface area contributed by atoms with Gasteiger partial charge < -0.3 is 15.5 Å². The quantitative estimate of drug-likeness (QED) is 0.475. The number of benzene rings is 2. The van der Waals surface area contributed by atoms with Crippen LogP contribution in [0.4, 0.5) is 11.4 Å². The molecule has 2 N–H and O–H groups in total. The zero-order valence-corrected chi connectivity index (χ0v) is 18.2. The number of halogens is 1. The Morgan fingerprint density at radius 1 is 1.25 bits per heavy atom. The number of carbonyl (C=O) groups is 1. The van der Waals surface area contributed by atoms with Crippen LogP contribution in [0, 0.1) is 6.92 Å². The highest BCUT2D eigenvalue weighted by molar-refractivity contribution is 7.98. The van der Waals surface area contributed by atoms with Gasteiger partial charge in [-0.1, -0.05) is 29.8 Å². The minimum absolute atomic E-state index is 0.193. The van der Waals surface area contributed by atoms with Crippen LogP contribution in [0.5, 0.6) is 0 Å². The van der Waals surface area contributed by atoms with E-state index in [1.165, 1.54) is 5.56 Å². The van der Waals surface area contributed by atoms with E-state index in [4.69, 9.17) is 23.8 Å². The predicted molar refractivity (Wildman–Crippen MR) is 125 cm³/mol. The molecule has 1 aliphatic heterocycles. The van der Waals surface area contributed by atoms with Gasteiger partial charge in [-0.2, -0.15) is 11.8 Å². The van der Waals surface area contributed by atoms with Crippen LogP contribution in [0.2, 0.25) is 5.02 Å². The topological polar surface area (TPSA) is 44.4 Å². The molecule has 0 atom stereocenters. The lowest BCUT2D eigenvalue weighted by Gasteiger charge is -2.20. The van der Waals surface area contributed by atoms with Crippen molar-refractivity contribution < 1.29 is 4.79 Å². The van der Waals surface area contributed by atoms with E-state index in [2.05, 4.69) is 22.8 Å². The van der Waals surface area contributed by atoms with Crippen LogP contribution in [-0.4, -0.2) is 29.9 Å². The summed E-state index contributed by atoms with van der Waals surface area (Å²) in [6.45, 7) is 3.60. The first-order chi connectivity index (χ1) is 13.5. The van der Waals surface area contributed by atoms with E-state index >= 15 is 0 Å². The highest BCUT2D eigenvalue weighted by Gasteiger charge is 2.23. The number of nitrogens with one attached hydrogen (secondary N) is 2. The zero-order valence-electron chi connectivity index (χ0n) is 15.8. The van der Waals surface area contributed by atoms with Crippen molar-refractivity contribution in [1.29, 1.82) is 0 Å². The molecule has 1 heterocycles. The molecular formula is C21H24ClN3OS2. The van der Waals surface area contributed by atoms with Crippen LogP contribution in [0.15, 0.2) is 42.5 Å². The first kappa shape index (κ1) is 21.0. The number of thiocarbonyl (C=S) groups is 1. The predicted octanol–water partition coefficient (Wildman–Crippen LogP) is 5.00. The molecule has 148 valence electrons. The van der Waals surface area contributed by atoms with E-state index in [-0.39, 0.29) is 5.91 Å². The average Bonchev–Trinajstić information content (AvgIpc) is 3.10. The van der Waals surface area contributed by atoms with Crippen molar-refractivity contribution in [3.63, 3.8) is 0 Å². The summed E-state index contributed by atoms with van der Waals surface area (Å²) in [6.07, 6.45) is 1.55. The molecule has 2 aromatic carbocycles. The van der Waals surface area contributed by atoms with Gasteiger partial charge in [0.2, 0.25) is 5.91 Å². The van der Waals surface area contributed by atoms with Crippen LogP contribution in [-0.2, 0) is 10.5 Å². The number of hydrogen-bond acceptors (Lipinski definition) is 3. The molecule has 0 aliphatic carbocycles. The van der Waals surface area contributed by atoms with Gasteiger partial charge in [-0.05, 0) is 61.0 Å². The molecule has 1 saturated heterocycles. The number of hydrogen-bond donors (Lipinski definition) is 2. The SMILES string of the molecule is Cc1ccc(NC(=S)NCCSCc2ccc(Cl)cc2)cc1N1CCCC1=O. The van der Waals surface area contributed by atoms with Crippen LogP contribution in [0.3, 0.4) is 0 Å². The standard InChI is InChI=1S/C21H24ClN3OS2/c1-15-4-9-18(13-19(15)25-11-2-3-20(25)26)24-21(27)23-10-12-28-14-16-5-7-17(22)8-6-16/h4-9,13H,2-3,10-12,14H2,1H3,(H2,23,24,27). The van der Waals surface area contributed by atoms with E-state index in [1.807, 2.05) is 53.9 Å². The highest BCUT2D eigenvalue weighted by Crippen LogP contribution is 2.28. The van der Waals surface area contributed by atoms with Crippen molar-refractivity contribution >= 4 is 58.0 Å². The second-order valence-electron chi connectivity index (χ2n) is 6.71. The van der Waals surface area contributed by atoms with Crippen LogP contribution >= 0.6 is 35.6 Å². The molecule has 0 aromatic heterocycles. The number of thioether (sulfide) groups is 1. The number of nitrogens with zero attached hydrogens (tertiary/aromatic N) is 1. The van der Waals surface area contributed by atoms with E-state index in [9.17, 15) is 4.79 Å². The van der Waals surface area contributed by atoms with E-state index < -0.39 is 0 Å². The molecule has 2 aromatic rings. The maximum Gasteiger partial charge on any atom is 0.227 e. The van der Waals surface area contributed by atoms with Gasteiger partial charge in [0.05, 0.1) is 0 Å².